The molecule has 0 radical (unpaired) electrons. The van der Waals surface area contributed by atoms with Gasteiger partial charge in [0, 0.05) is 12.5 Å². The van der Waals surface area contributed by atoms with Gasteiger partial charge in [-0.1, -0.05) is 12.1 Å². The predicted octanol–water partition coefficient (Wildman–Crippen LogP) is 1.62. The van der Waals surface area contributed by atoms with E-state index in [0.717, 1.165) is 29.9 Å². The number of para-hydroxylation sites is 1. The molecule has 2 aromatic rings. The quantitative estimate of drug-likeness (QED) is 0.615. The van der Waals surface area contributed by atoms with Gasteiger partial charge in [-0.2, -0.15) is 0 Å². The molecule has 1 atom stereocenters. The standard InChI is InChI=1S/C13H20N4S/c1-17(2)8-7-10(16-14)9-13-15-11-5-3-4-6-12(11)18-13/h3-6,10,16H,7-9,14H2,1-2H3. The maximum Gasteiger partial charge on any atom is 0.0954 e. The Morgan fingerprint density at radius 1 is 1.39 bits per heavy atom. The van der Waals surface area contributed by atoms with Crippen LogP contribution in [0.1, 0.15) is 11.4 Å². The van der Waals surface area contributed by atoms with E-state index in [2.05, 4.69) is 47.6 Å². The molecule has 0 fully saturated rings. The fourth-order valence-corrected chi connectivity index (χ4v) is 2.92. The minimum absolute atomic E-state index is 0.285. The minimum atomic E-state index is 0.285. The zero-order chi connectivity index (χ0) is 13.0. The number of aromatic nitrogens is 1. The lowest BCUT2D eigenvalue weighted by atomic mass is 10.1. The van der Waals surface area contributed by atoms with Gasteiger partial charge >= 0.3 is 0 Å². The lowest BCUT2D eigenvalue weighted by Gasteiger charge is -2.17. The van der Waals surface area contributed by atoms with E-state index in [9.17, 15) is 0 Å². The number of hydrazine groups is 1. The number of nitrogens with one attached hydrogen (secondary N) is 1. The number of nitrogens with zero attached hydrogens (tertiary/aromatic N) is 2. The number of fused-ring (bicyclic) bond motifs is 1. The molecule has 0 spiro atoms. The van der Waals surface area contributed by atoms with E-state index in [1.807, 2.05) is 6.07 Å². The Hall–Kier alpha value is -1.01. The fraction of sp³-hybridized carbons (Fsp3) is 0.462. The maximum atomic E-state index is 5.61. The summed E-state index contributed by atoms with van der Waals surface area (Å²) in [7, 11) is 4.15. The molecule has 1 aromatic heterocycles. The van der Waals surface area contributed by atoms with Gasteiger partial charge in [0.15, 0.2) is 0 Å². The van der Waals surface area contributed by atoms with Crippen molar-refractivity contribution in [3.63, 3.8) is 0 Å². The largest absolute Gasteiger partial charge is 0.309 e. The Morgan fingerprint density at radius 2 is 2.17 bits per heavy atom. The van der Waals surface area contributed by atoms with Crippen molar-refractivity contribution in [3.05, 3.63) is 29.3 Å². The molecular formula is C13H20N4S. The van der Waals surface area contributed by atoms with E-state index in [1.165, 1.54) is 4.70 Å². The smallest absolute Gasteiger partial charge is 0.0954 e. The van der Waals surface area contributed by atoms with Crippen molar-refractivity contribution in [3.8, 4) is 0 Å². The summed E-state index contributed by atoms with van der Waals surface area (Å²) in [6, 6.07) is 8.53. The first-order valence-electron chi connectivity index (χ1n) is 6.14. The zero-order valence-electron chi connectivity index (χ0n) is 10.9. The van der Waals surface area contributed by atoms with Gasteiger partial charge in [-0.15, -0.1) is 11.3 Å². The molecule has 0 aliphatic heterocycles. The van der Waals surface area contributed by atoms with Gasteiger partial charge in [-0.05, 0) is 39.2 Å². The summed E-state index contributed by atoms with van der Waals surface area (Å²) < 4.78 is 1.25. The van der Waals surface area contributed by atoms with Crippen LogP contribution < -0.4 is 11.3 Å². The van der Waals surface area contributed by atoms with Crippen molar-refractivity contribution in [2.75, 3.05) is 20.6 Å². The summed E-state index contributed by atoms with van der Waals surface area (Å²) in [6.45, 7) is 1.03. The summed E-state index contributed by atoms with van der Waals surface area (Å²) >= 11 is 1.75. The first kappa shape index (κ1) is 13.4. The fourth-order valence-electron chi connectivity index (χ4n) is 1.88. The van der Waals surface area contributed by atoms with Gasteiger partial charge in [0.2, 0.25) is 0 Å². The average molecular weight is 264 g/mol. The molecule has 18 heavy (non-hydrogen) atoms. The minimum Gasteiger partial charge on any atom is -0.309 e. The third-order valence-corrected chi connectivity index (χ3v) is 3.98. The molecule has 0 aliphatic carbocycles. The molecule has 0 saturated carbocycles. The topological polar surface area (TPSA) is 54.2 Å². The van der Waals surface area contributed by atoms with E-state index < -0.39 is 0 Å². The molecule has 0 amide bonds. The summed E-state index contributed by atoms with van der Waals surface area (Å²) in [4.78, 5) is 6.81. The highest BCUT2D eigenvalue weighted by Crippen LogP contribution is 2.22. The molecule has 0 aliphatic rings. The molecule has 5 heteroatoms. The first-order chi connectivity index (χ1) is 8.69. The summed E-state index contributed by atoms with van der Waals surface area (Å²) in [5, 5.41) is 1.15. The number of rotatable bonds is 6. The highest BCUT2D eigenvalue weighted by molar-refractivity contribution is 7.18. The second-order valence-corrected chi connectivity index (χ2v) is 5.85. The average Bonchev–Trinajstić information content (AvgIpc) is 2.76. The monoisotopic (exact) mass is 264 g/mol. The molecule has 1 aromatic carbocycles. The number of benzene rings is 1. The van der Waals surface area contributed by atoms with Crippen LogP contribution in [0.5, 0.6) is 0 Å². The zero-order valence-corrected chi connectivity index (χ0v) is 11.7. The second kappa shape index (κ2) is 6.24. The molecular weight excluding hydrogens is 244 g/mol. The molecule has 0 saturated heterocycles. The van der Waals surface area contributed by atoms with Crippen LogP contribution >= 0.6 is 11.3 Å². The number of nitrogens with two attached hydrogens (primary N) is 1. The third-order valence-electron chi connectivity index (χ3n) is 2.92. The highest BCUT2D eigenvalue weighted by Gasteiger charge is 2.11. The Morgan fingerprint density at radius 3 is 2.83 bits per heavy atom. The summed E-state index contributed by atoms with van der Waals surface area (Å²) in [6.07, 6.45) is 1.92. The Balaban J connectivity index is 2.02. The molecule has 0 bridgehead atoms. The van der Waals surface area contributed by atoms with Gasteiger partial charge in [0.05, 0.1) is 15.2 Å². The second-order valence-electron chi connectivity index (χ2n) is 4.73. The van der Waals surface area contributed by atoms with Crippen molar-refractivity contribution in [1.82, 2.24) is 15.3 Å². The van der Waals surface area contributed by atoms with Crippen LogP contribution in [-0.4, -0.2) is 36.6 Å². The van der Waals surface area contributed by atoms with Crippen molar-refractivity contribution in [2.24, 2.45) is 5.84 Å². The van der Waals surface area contributed by atoms with Gasteiger partial charge in [0.25, 0.3) is 0 Å². The molecule has 98 valence electrons. The van der Waals surface area contributed by atoms with Crippen LogP contribution in [0.3, 0.4) is 0 Å². The molecule has 2 rings (SSSR count). The number of hydrogen-bond acceptors (Lipinski definition) is 5. The van der Waals surface area contributed by atoms with Gasteiger partial charge in [-0.25, -0.2) is 4.98 Å². The van der Waals surface area contributed by atoms with Gasteiger partial charge < -0.3 is 4.90 Å². The van der Waals surface area contributed by atoms with Gasteiger partial charge in [0.1, 0.15) is 0 Å². The van der Waals surface area contributed by atoms with Crippen molar-refractivity contribution >= 4 is 21.6 Å². The lowest BCUT2D eigenvalue weighted by Crippen LogP contribution is -2.38. The van der Waals surface area contributed by atoms with Crippen molar-refractivity contribution < 1.29 is 0 Å². The third kappa shape index (κ3) is 3.49. The van der Waals surface area contributed by atoms with Crippen LogP contribution in [0.4, 0.5) is 0 Å². The maximum absolute atomic E-state index is 5.61. The van der Waals surface area contributed by atoms with Crippen molar-refractivity contribution in [1.29, 1.82) is 0 Å². The Bertz CT molecular complexity index is 461. The van der Waals surface area contributed by atoms with Crippen LogP contribution in [-0.2, 0) is 6.42 Å². The van der Waals surface area contributed by atoms with E-state index in [4.69, 9.17) is 5.84 Å². The summed E-state index contributed by atoms with van der Waals surface area (Å²) in [5.74, 6) is 5.61. The van der Waals surface area contributed by atoms with Crippen LogP contribution in [0.15, 0.2) is 24.3 Å². The SMILES string of the molecule is CN(C)CCC(Cc1nc2ccccc2s1)NN. The van der Waals surface area contributed by atoms with E-state index in [-0.39, 0.29) is 6.04 Å². The van der Waals surface area contributed by atoms with Crippen LogP contribution in [0, 0.1) is 0 Å². The summed E-state index contributed by atoms with van der Waals surface area (Å²) in [5.41, 5.74) is 3.97. The van der Waals surface area contributed by atoms with E-state index in [0.29, 0.717) is 0 Å². The predicted molar refractivity (Wildman–Crippen MR) is 77.6 cm³/mol. The lowest BCUT2D eigenvalue weighted by molar-refractivity contribution is 0.358. The molecule has 1 unspecified atom stereocenters. The van der Waals surface area contributed by atoms with E-state index >= 15 is 0 Å². The van der Waals surface area contributed by atoms with Gasteiger partial charge in [-0.3, -0.25) is 11.3 Å². The molecule has 4 nitrogen and oxygen atoms in total. The number of thiazole rings is 1. The first-order valence-corrected chi connectivity index (χ1v) is 6.96. The molecule has 1 heterocycles. The Kier molecular flexibility index (Phi) is 4.66. The highest BCUT2D eigenvalue weighted by atomic mass is 32.1. The molecule has 3 N–H and O–H groups in total. The number of hydrogen-bond donors (Lipinski definition) is 2. The van der Waals surface area contributed by atoms with E-state index in [1.54, 1.807) is 11.3 Å². The van der Waals surface area contributed by atoms with Crippen LogP contribution in [0.2, 0.25) is 0 Å². The van der Waals surface area contributed by atoms with Crippen LogP contribution in [0.25, 0.3) is 10.2 Å². The normalized spacial score (nSPS) is 13.3. The van der Waals surface area contributed by atoms with Crippen molar-refractivity contribution in [2.45, 2.75) is 18.9 Å². The Labute approximate surface area is 112 Å².